The molecular formula is C49H31N3O. The molecule has 0 radical (unpaired) electrons. The Kier molecular flexibility index (Phi) is 7.43. The molecule has 0 atom stereocenters. The number of rotatable bonds is 6. The largest absolute Gasteiger partial charge is 0.455 e. The van der Waals surface area contributed by atoms with Crippen LogP contribution in [0.3, 0.4) is 0 Å². The monoisotopic (exact) mass is 677 g/mol. The molecule has 0 N–H and O–H groups in total. The fourth-order valence-electron chi connectivity index (χ4n) is 7.44. The number of nitrogens with zero attached hydrogens (tertiary/aromatic N) is 3. The zero-order valence-corrected chi connectivity index (χ0v) is 28.6. The van der Waals surface area contributed by atoms with Gasteiger partial charge >= 0.3 is 0 Å². The molecule has 0 bridgehead atoms. The Bertz CT molecular complexity index is 2930. The predicted octanol–water partition coefficient (Wildman–Crippen LogP) is 12.9. The quantitative estimate of drug-likeness (QED) is 0.176. The van der Waals surface area contributed by atoms with Crippen LogP contribution in [0.2, 0.25) is 0 Å². The van der Waals surface area contributed by atoms with E-state index >= 15 is 0 Å². The van der Waals surface area contributed by atoms with Crippen molar-refractivity contribution in [1.29, 1.82) is 0 Å². The Morgan fingerprint density at radius 2 is 0.868 bits per heavy atom. The first-order valence-corrected chi connectivity index (χ1v) is 17.8. The van der Waals surface area contributed by atoms with Crippen molar-refractivity contribution in [2.75, 3.05) is 0 Å². The molecule has 10 rings (SSSR count). The zero-order chi connectivity index (χ0) is 35.1. The van der Waals surface area contributed by atoms with Crippen molar-refractivity contribution in [3.05, 3.63) is 188 Å². The van der Waals surface area contributed by atoms with Crippen LogP contribution in [-0.4, -0.2) is 15.0 Å². The molecule has 0 saturated carbocycles. The Balaban J connectivity index is 1.23. The van der Waals surface area contributed by atoms with Gasteiger partial charge in [0.25, 0.3) is 0 Å². The lowest BCUT2D eigenvalue weighted by molar-refractivity contribution is 0.670. The van der Waals surface area contributed by atoms with E-state index in [0.717, 1.165) is 72.0 Å². The number of para-hydroxylation sites is 1. The van der Waals surface area contributed by atoms with Crippen LogP contribution in [0.1, 0.15) is 0 Å². The molecule has 2 aromatic heterocycles. The van der Waals surface area contributed by atoms with Gasteiger partial charge in [0.1, 0.15) is 11.2 Å². The van der Waals surface area contributed by atoms with Crippen molar-refractivity contribution in [1.82, 2.24) is 15.0 Å². The maximum Gasteiger partial charge on any atom is 0.164 e. The van der Waals surface area contributed by atoms with Crippen molar-refractivity contribution >= 4 is 32.7 Å². The van der Waals surface area contributed by atoms with E-state index in [1.807, 2.05) is 54.6 Å². The second kappa shape index (κ2) is 12.9. The second-order valence-corrected chi connectivity index (χ2v) is 13.2. The van der Waals surface area contributed by atoms with Crippen LogP contribution in [0.5, 0.6) is 0 Å². The van der Waals surface area contributed by atoms with E-state index in [0.29, 0.717) is 17.5 Å². The number of aromatic nitrogens is 3. The first-order valence-electron chi connectivity index (χ1n) is 17.8. The van der Waals surface area contributed by atoms with Gasteiger partial charge in [-0.05, 0) is 62.9 Å². The van der Waals surface area contributed by atoms with Crippen LogP contribution in [0.25, 0.3) is 100 Å². The van der Waals surface area contributed by atoms with Gasteiger partial charge in [0, 0.05) is 33.0 Å². The molecule has 0 aliphatic heterocycles. The fraction of sp³-hybridized carbons (Fsp3) is 0. The minimum absolute atomic E-state index is 0.587. The summed E-state index contributed by atoms with van der Waals surface area (Å²) in [6, 6.07) is 65.1. The van der Waals surface area contributed by atoms with Gasteiger partial charge in [-0.1, -0.05) is 164 Å². The molecule has 4 heteroatoms. The smallest absolute Gasteiger partial charge is 0.164 e. The third-order valence-corrected chi connectivity index (χ3v) is 9.96. The molecule has 53 heavy (non-hydrogen) atoms. The molecule has 4 nitrogen and oxygen atoms in total. The van der Waals surface area contributed by atoms with Crippen molar-refractivity contribution in [3.63, 3.8) is 0 Å². The second-order valence-electron chi connectivity index (χ2n) is 13.2. The van der Waals surface area contributed by atoms with Gasteiger partial charge in [-0.2, -0.15) is 0 Å². The van der Waals surface area contributed by atoms with Crippen LogP contribution < -0.4 is 0 Å². The molecule has 0 amide bonds. The van der Waals surface area contributed by atoms with E-state index in [2.05, 4.69) is 133 Å². The molecule has 0 aliphatic carbocycles. The molecule has 0 fully saturated rings. The van der Waals surface area contributed by atoms with Gasteiger partial charge in [0.05, 0.1) is 0 Å². The minimum atomic E-state index is 0.587. The summed E-state index contributed by atoms with van der Waals surface area (Å²) >= 11 is 0. The lowest BCUT2D eigenvalue weighted by Crippen LogP contribution is -2.01. The van der Waals surface area contributed by atoms with Crippen molar-refractivity contribution in [2.45, 2.75) is 0 Å². The highest BCUT2D eigenvalue weighted by Crippen LogP contribution is 2.42. The highest BCUT2D eigenvalue weighted by molar-refractivity contribution is 6.15. The Morgan fingerprint density at radius 1 is 0.321 bits per heavy atom. The molecule has 0 spiro atoms. The third kappa shape index (κ3) is 5.45. The maximum absolute atomic E-state index is 6.61. The van der Waals surface area contributed by atoms with E-state index in [1.165, 1.54) is 10.8 Å². The van der Waals surface area contributed by atoms with Crippen molar-refractivity contribution in [3.8, 4) is 67.5 Å². The summed E-state index contributed by atoms with van der Waals surface area (Å²) < 4.78 is 6.61. The highest BCUT2D eigenvalue weighted by atomic mass is 16.3. The highest BCUT2D eigenvalue weighted by Gasteiger charge is 2.21. The lowest BCUT2D eigenvalue weighted by Gasteiger charge is -2.15. The SMILES string of the molecule is c1ccc(-c2nc(-c3ccc(-c4ccccc4)c(-c4cccc5ccccc45)c3)nc(-c3ccc(-c4ccccc4)c4oc5ccccc5c34)n2)cc1. The number of fused-ring (bicyclic) bond motifs is 4. The van der Waals surface area contributed by atoms with Crippen molar-refractivity contribution in [2.24, 2.45) is 0 Å². The van der Waals surface area contributed by atoms with Gasteiger partial charge in [0.15, 0.2) is 17.5 Å². The minimum Gasteiger partial charge on any atom is -0.455 e. The average molecular weight is 678 g/mol. The van der Waals surface area contributed by atoms with E-state index in [-0.39, 0.29) is 0 Å². The summed E-state index contributed by atoms with van der Waals surface area (Å²) in [5.41, 5.74) is 11.0. The van der Waals surface area contributed by atoms with E-state index < -0.39 is 0 Å². The zero-order valence-electron chi connectivity index (χ0n) is 28.6. The summed E-state index contributed by atoms with van der Waals surface area (Å²) in [5, 5.41) is 4.38. The molecule has 248 valence electrons. The molecule has 0 aliphatic rings. The van der Waals surface area contributed by atoms with Gasteiger partial charge in [0.2, 0.25) is 0 Å². The van der Waals surface area contributed by atoms with Gasteiger partial charge < -0.3 is 4.42 Å². The molecule has 0 saturated heterocycles. The average Bonchev–Trinajstić information content (AvgIpc) is 3.64. The first kappa shape index (κ1) is 30.6. The molecule has 2 heterocycles. The number of hydrogen-bond acceptors (Lipinski definition) is 4. The Morgan fingerprint density at radius 3 is 1.62 bits per heavy atom. The summed E-state index contributed by atoms with van der Waals surface area (Å²) in [5.74, 6) is 1.80. The Hall–Kier alpha value is -7.17. The molecule has 0 unspecified atom stereocenters. The number of hydrogen-bond donors (Lipinski definition) is 0. The van der Waals surface area contributed by atoms with Crippen LogP contribution >= 0.6 is 0 Å². The number of benzene rings is 8. The standard InChI is InChI=1S/C49H31N3O/c1-4-15-32(16-5-1)38-28-27-36(31-43(38)40-25-14-22-33-19-10-11-23-37(33)40)48-50-47(35-20-8-3-9-21-35)51-49(52-48)42-30-29-39(34-17-6-2-7-18-34)46-45(42)41-24-12-13-26-44(41)53-46/h1-31H. The summed E-state index contributed by atoms with van der Waals surface area (Å²) in [6.07, 6.45) is 0. The summed E-state index contributed by atoms with van der Waals surface area (Å²) in [4.78, 5) is 15.6. The van der Waals surface area contributed by atoms with Crippen LogP contribution in [0.15, 0.2) is 192 Å². The number of furan rings is 1. The molecule has 10 aromatic rings. The van der Waals surface area contributed by atoms with E-state index in [1.54, 1.807) is 0 Å². The third-order valence-electron chi connectivity index (χ3n) is 9.96. The van der Waals surface area contributed by atoms with Crippen LogP contribution in [0.4, 0.5) is 0 Å². The van der Waals surface area contributed by atoms with E-state index in [9.17, 15) is 0 Å². The molecule has 8 aromatic carbocycles. The summed E-state index contributed by atoms with van der Waals surface area (Å²) in [6.45, 7) is 0. The first-order chi connectivity index (χ1) is 26.3. The predicted molar refractivity (Wildman–Crippen MR) is 217 cm³/mol. The van der Waals surface area contributed by atoms with Crippen molar-refractivity contribution < 1.29 is 4.42 Å². The van der Waals surface area contributed by atoms with Crippen LogP contribution in [-0.2, 0) is 0 Å². The maximum atomic E-state index is 6.61. The van der Waals surface area contributed by atoms with Gasteiger partial charge in [-0.15, -0.1) is 0 Å². The Labute approximate surface area is 306 Å². The van der Waals surface area contributed by atoms with E-state index in [4.69, 9.17) is 19.4 Å². The fourth-order valence-corrected chi connectivity index (χ4v) is 7.44. The summed E-state index contributed by atoms with van der Waals surface area (Å²) in [7, 11) is 0. The van der Waals surface area contributed by atoms with Gasteiger partial charge in [-0.3, -0.25) is 0 Å². The molecular weight excluding hydrogens is 647 g/mol. The van der Waals surface area contributed by atoms with Gasteiger partial charge in [-0.25, -0.2) is 15.0 Å². The lowest BCUT2D eigenvalue weighted by atomic mass is 9.90. The normalized spacial score (nSPS) is 11.4. The van der Waals surface area contributed by atoms with Crippen LogP contribution in [0, 0.1) is 0 Å². The topological polar surface area (TPSA) is 51.8 Å².